The summed E-state index contributed by atoms with van der Waals surface area (Å²) >= 11 is 0. The van der Waals surface area contributed by atoms with Crippen molar-refractivity contribution in [1.29, 1.82) is 0 Å². The van der Waals surface area contributed by atoms with E-state index in [0.717, 1.165) is 5.56 Å². The molecule has 5 heteroatoms. The van der Waals surface area contributed by atoms with Gasteiger partial charge < -0.3 is 0 Å². The normalized spacial score (nSPS) is 11.2. The molecular formula is C13H14N2O2S. The highest BCUT2D eigenvalue weighted by molar-refractivity contribution is 7.90. The topological polar surface area (TPSA) is 63.4 Å². The van der Waals surface area contributed by atoms with E-state index in [1.165, 1.54) is 4.31 Å². The lowest BCUT2D eigenvalue weighted by Crippen LogP contribution is -2.36. The number of anilines is 1. The van der Waals surface area contributed by atoms with Gasteiger partial charge in [-0.15, -0.1) is 0 Å². The Kier molecular flexibility index (Phi) is 3.64. The quantitative estimate of drug-likeness (QED) is 0.914. The molecule has 18 heavy (non-hydrogen) atoms. The molecule has 0 amide bonds. The SMILES string of the molecule is NS(=O)(=O)N(Cc1ccccc1)c1ccccc1. The lowest BCUT2D eigenvalue weighted by Gasteiger charge is -2.21. The minimum atomic E-state index is -3.78. The van der Waals surface area contributed by atoms with Crippen molar-refractivity contribution in [3.05, 3.63) is 66.2 Å². The zero-order valence-corrected chi connectivity index (χ0v) is 10.5. The molecule has 0 aromatic heterocycles. The fraction of sp³-hybridized carbons (Fsp3) is 0.0769. The van der Waals surface area contributed by atoms with Crippen LogP contribution in [0.2, 0.25) is 0 Å². The van der Waals surface area contributed by atoms with E-state index in [4.69, 9.17) is 5.14 Å². The Morgan fingerprint density at radius 3 is 1.89 bits per heavy atom. The van der Waals surface area contributed by atoms with Gasteiger partial charge in [-0.25, -0.2) is 5.14 Å². The van der Waals surface area contributed by atoms with Gasteiger partial charge in [-0.3, -0.25) is 4.31 Å². The molecule has 0 atom stereocenters. The summed E-state index contributed by atoms with van der Waals surface area (Å²) in [5.41, 5.74) is 1.44. The van der Waals surface area contributed by atoms with Crippen LogP contribution in [0.3, 0.4) is 0 Å². The van der Waals surface area contributed by atoms with Crippen LogP contribution in [-0.4, -0.2) is 8.42 Å². The maximum atomic E-state index is 11.6. The van der Waals surface area contributed by atoms with Gasteiger partial charge in [0.15, 0.2) is 0 Å². The number of hydrogen-bond acceptors (Lipinski definition) is 2. The number of rotatable bonds is 4. The largest absolute Gasteiger partial charge is 0.299 e. The Hall–Kier alpha value is -1.85. The van der Waals surface area contributed by atoms with Crippen LogP contribution in [0.1, 0.15) is 5.56 Å². The van der Waals surface area contributed by atoms with Gasteiger partial charge >= 0.3 is 0 Å². The molecule has 2 aromatic rings. The second-order valence-electron chi connectivity index (χ2n) is 3.87. The number of para-hydroxylation sites is 1. The maximum absolute atomic E-state index is 11.6. The molecule has 0 unspecified atom stereocenters. The predicted octanol–water partition coefficient (Wildman–Crippen LogP) is 1.90. The Labute approximate surface area is 107 Å². The molecule has 2 rings (SSSR count). The third kappa shape index (κ3) is 3.09. The Bertz CT molecular complexity index is 597. The number of nitrogens with two attached hydrogens (primary N) is 1. The van der Waals surface area contributed by atoms with Gasteiger partial charge in [-0.1, -0.05) is 48.5 Å². The molecule has 2 N–H and O–H groups in total. The number of hydrogen-bond donors (Lipinski definition) is 1. The van der Waals surface area contributed by atoms with Gasteiger partial charge in [-0.05, 0) is 17.7 Å². The minimum absolute atomic E-state index is 0.226. The summed E-state index contributed by atoms with van der Waals surface area (Å²) in [6.45, 7) is 0.226. The smallest absolute Gasteiger partial charge is 0.254 e. The summed E-state index contributed by atoms with van der Waals surface area (Å²) < 4.78 is 24.5. The van der Waals surface area contributed by atoms with E-state index in [1.807, 2.05) is 36.4 Å². The highest BCUT2D eigenvalue weighted by Crippen LogP contribution is 2.18. The van der Waals surface area contributed by atoms with Crippen LogP contribution in [0.25, 0.3) is 0 Å². The third-order valence-electron chi connectivity index (χ3n) is 2.52. The van der Waals surface area contributed by atoms with Gasteiger partial charge in [-0.2, -0.15) is 8.42 Å². The van der Waals surface area contributed by atoms with Crippen molar-refractivity contribution in [2.24, 2.45) is 5.14 Å². The van der Waals surface area contributed by atoms with Crippen molar-refractivity contribution in [3.8, 4) is 0 Å². The fourth-order valence-electron chi connectivity index (χ4n) is 1.67. The molecule has 2 aromatic carbocycles. The number of nitrogens with zero attached hydrogens (tertiary/aromatic N) is 1. The van der Waals surface area contributed by atoms with Crippen LogP contribution >= 0.6 is 0 Å². The first-order valence-corrected chi connectivity index (χ1v) is 6.97. The van der Waals surface area contributed by atoms with Crippen LogP contribution in [0.5, 0.6) is 0 Å². The zero-order valence-electron chi connectivity index (χ0n) is 9.73. The standard InChI is InChI=1S/C13H14N2O2S/c14-18(16,17)15(13-9-5-2-6-10-13)11-12-7-3-1-4-8-12/h1-10H,11H2,(H2,14,16,17). The molecule has 0 heterocycles. The summed E-state index contributed by atoms with van der Waals surface area (Å²) in [6, 6.07) is 18.1. The fourth-order valence-corrected chi connectivity index (χ4v) is 2.42. The van der Waals surface area contributed by atoms with E-state index in [1.54, 1.807) is 24.3 Å². The van der Waals surface area contributed by atoms with Crippen LogP contribution in [0.4, 0.5) is 5.69 Å². The average Bonchev–Trinajstić information content (AvgIpc) is 2.37. The van der Waals surface area contributed by atoms with E-state index in [0.29, 0.717) is 5.69 Å². The lowest BCUT2D eigenvalue weighted by atomic mass is 10.2. The van der Waals surface area contributed by atoms with Crippen LogP contribution in [-0.2, 0) is 16.8 Å². The van der Waals surface area contributed by atoms with Gasteiger partial charge in [0.2, 0.25) is 0 Å². The average molecular weight is 262 g/mol. The molecule has 0 radical (unpaired) electrons. The van der Waals surface area contributed by atoms with Crippen molar-refractivity contribution in [3.63, 3.8) is 0 Å². The predicted molar refractivity (Wildman–Crippen MR) is 72.2 cm³/mol. The summed E-state index contributed by atoms with van der Waals surface area (Å²) in [6.07, 6.45) is 0. The van der Waals surface area contributed by atoms with Crippen molar-refractivity contribution in [2.75, 3.05) is 4.31 Å². The summed E-state index contributed by atoms with van der Waals surface area (Å²) in [7, 11) is -3.78. The van der Waals surface area contributed by atoms with Gasteiger partial charge in [0.05, 0.1) is 12.2 Å². The molecule has 0 aliphatic rings. The van der Waals surface area contributed by atoms with Crippen LogP contribution < -0.4 is 9.44 Å². The first kappa shape index (κ1) is 12.6. The molecule has 0 fully saturated rings. The molecule has 0 saturated carbocycles. The van der Waals surface area contributed by atoms with E-state index >= 15 is 0 Å². The summed E-state index contributed by atoms with van der Waals surface area (Å²) in [5.74, 6) is 0. The first-order valence-electron chi connectivity index (χ1n) is 5.47. The van der Waals surface area contributed by atoms with E-state index < -0.39 is 10.2 Å². The van der Waals surface area contributed by atoms with E-state index in [9.17, 15) is 8.42 Å². The molecule has 0 aliphatic heterocycles. The molecule has 94 valence electrons. The Balaban J connectivity index is 2.34. The molecule has 0 saturated heterocycles. The van der Waals surface area contributed by atoms with Crippen molar-refractivity contribution in [1.82, 2.24) is 0 Å². The van der Waals surface area contributed by atoms with Gasteiger partial charge in [0.1, 0.15) is 0 Å². The highest BCUT2D eigenvalue weighted by atomic mass is 32.2. The summed E-state index contributed by atoms with van der Waals surface area (Å²) in [5, 5.41) is 5.26. The van der Waals surface area contributed by atoms with Crippen LogP contribution in [0.15, 0.2) is 60.7 Å². The minimum Gasteiger partial charge on any atom is -0.254 e. The Morgan fingerprint density at radius 2 is 1.39 bits per heavy atom. The maximum Gasteiger partial charge on any atom is 0.299 e. The molecule has 0 bridgehead atoms. The van der Waals surface area contributed by atoms with E-state index in [-0.39, 0.29) is 6.54 Å². The summed E-state index contributed by atoms with van der Waals surface area (Å²) in [4.78, 5) is 0. The first-order chi connectivity index (χ1) is 8.57. The van der Waals surface area contributed by atoms with Crippen molar-refractivity contribution < 1.29 is 8.42 Å². The third-order valence-corrected chi connectivity index (χ3v) is 3.47. The monoisotopic (exact) mass is 262 g/mol. The van der Waals surface area contributed by atoms with Crippen molar-refractivity contribution in [2.45, 2.75) is 6.54 Å². The van der Waals surface area contributed by atoms with Gasteiger partial charge in [0.25, 0.3) is 10.2 Å². The van der Waals surface area contributed by atoms with E-state index in [2.05, 4.69) is 0 Å². The highest BCUT2D eigenvalue weighted by Gasteiger charge is 2.17. The number of benzene rings is 2. The second-order valence-corrected chi connectivity index (χ2v) is 5.34. The second kappa shape index (κ2) is 5.20. The van der Waals surface area contributed by atoms with Gasteiger partial charge in [0, 0.05) is 0 Å². The zero-order chi connectivity index (χ0) is 13.0. The van der Waals surface area contributed by atoms with Crippen molar-refractivity contribution >= 4 is 15.9 Å². The van der Waals surface area contributed by atoms with Crippen LogP contribution in [0, 0.1) is 0 Å². The molecule has 0 spiro atoms. The molecular weight excluding hydrogens is 248 g/mol. The molecule has 4 nitrogen and oxygen atoms in total. The molecule has 0 aliphatic carbocycles. The lowest BCUT2D eigenvalue weighted by molar-refractivity contribution is 0.592. The Morgan fingerprint density at radius 1 is 0.889 bits per heavy atom.